The lowest BCUT2D eigenvalue weighted by Crippen LogP contribution is -2.62. The standard InChI is InChI=1S/C81H104BN3/c1-70(2,3)49-24-29-64-61(38-49)80(22)47-71(4,5)48-81(80,23)85(64)52-41-67-69-68(42-52)84(51-26-28-54-56(40-51)75(12,13)33-31-73(54,8)9)66-46-60-58(77(16,17)35-37-79(60,20)21)44-63(66)82(69)62-43-57-59(78(18,19)36-34-76(57,14)15)45-65(62)83(67)50-25-27-53-55(39-50)74(10,11)32-30-72(53,6)7/h24-29,38-46H,30-37,47-48H2,1-23H3. The van der Waals surface area contributed by atoms with Crippen molar-refractivity contribution in [1.29, 1.82) is 0 Å². The molecule has 1 saturated carbocycles. The number of nitrogens with zero attached hydrogens (tertiary/aromatic N) is 3. The Balaban J connectivity index is 1.16. The van der Waals surface area contributed by atoms with Crippen LogP contribution in [0.1, 0.15) is 279 Å². The molecule has 3 heterocycles. The predicted octanol–water partition coefficient (Wildman–Crippen LogP) is 20.5. The summed E-state index contributed by atoms with van der Waals surface area (Å²) in [5, 5.41) is 0. The molecule has 0 radical (unpaired) electrons. The minimum Gasteiger partial charge on any atom is -0.334 e. The van der Waals surface area contributed by atoms with Crippen LogP contribution in [-0.4, -0.2) is 12.3 Å². The van der Waals surface area contributed by atoms with E-state index >= 15 is 0 Å². The van der Waals surface area contributed by atoms with Gasteiger partial charge in [-0.1, -0.05) is 189 Å². The van der Waals surface area contributed by atoms with Gasteiger partial charge in [0.05, 0.1) is 5.54 Å². The van der Waals surface area contributed by atoms with E-state index in [0.717, 1.165) is 12.8 Å². The summed E-state index contributed by atoms with van der Waals surface area (Å²) in [5.41, 5.74) is 30.4. The van der Waals surface area contributed by atoms with Gasteiger partial charge < -0.3 is 14.7 Å². The Morgan fingerprint density at radius 1 is 0.329 bits per heavy atom. The third-order valence-electron chi connectivity index (χ3n) is 25.5. The second-order valence-electron chi connectivity index (χ2n) is 36.9. The predicted molar refractivity (Wildman–Crippen MR) is 368 cm³/mol. The third kappa shape index (κ3) is 8.01. The minimum absolute atomic E-state index is 0.00121. The normalized spacial score (nSPS) is 26.4. The van der Waals surface area contributed by atoms with Crippen molar-refractivity contribution in [1.82, 2.24) is 0 Å². The van der Waals surface area contributed by atoms with Crippen LogP contribution in [0, 0.1) is 5.41 Å². The summed E-state index contributed by atoms with van der Waals surface area (Å²) in [7, 11) is 0. The van der Waals surface area contributed by atoms with Gasteiger partial charge >= 0.3 is 0 Å². The second-order valence-corrected chi connectivity index (χ2v) is 36.9. The maximum atomic E-state index is 2.91. The Labute approximate surface area is 515 Å². The average Bonchev–Trinajstić information content (AvgIpc) is 1.68. The largest absolute Gasteiger partial charge is 0.334 e. The lowest BCUT2D eigenvalue weighted by Gasteiger charge is -2.50. The van der Waals surface area contributed by atoms with Gasteiger partial charge in [-0.2, -0.15) is 0 Å². The number of hydrogen-bond donors (Lipinski definition) is 0. The monoisotopic (exact) mass is 1130 g/mol. The second kappa shape index (κ2) is 17.1. The summed E-state index contributed by atoms with van der Waals surface area (Å²) in [4.78, 5) is 8.57. The fraction of sp³-hybridized carbons (Fsp3) is 0.556. The number of benzene rings is 6. The lowest BCUT2D eigenvalue weighted by molar-refractivity contribution is 0.330. The van der Waals surface area contributed by atoms with E-state index in [4.69, 9.17) is 0 Å². The van der Waals surface area contributed by atoms with Crippen LogP contribution in [0.4, 0.5) is 45.5 Å². The zero-order valence-corrected chi connectivity index (χ0v) is 57.2. The Morgan fingerprint density at radius 2 is 0.694 bits per heavy atom. The van der Waals surface area contributed by atoms with Crippen molar-refractivity contribution in [2.24, 2.45) is 5.41 Å². The number of hydrogen-bond acceptors (Lipinski definition) is 3. The fourth-order valence-electron chi connectivity index (χ4n) is 19.6. The van der Waals surface area contributed by atoms with Crippen molar-refractivity contribution in [3.05, 3.63) is 147 Å². The van der Waals surface area contributed by atoms with E-state index in [9.17, 15) is 0 Å². The molecule has 0 N–H and O–H groups in total. The number of fused-ring (bicyclic) bond motifs is 11. The van der Waals surface area contributed by atoms with Crippen molar-refractivity contribution in [2.75, 3.05) is 14.7 Å². The summed E-state index contributed by atoms with van der Waals surface area (Å²) in [6, 6.07) is 39.7. The molecule has 1 fully saturated rings. The quantitative estimate of drug-likeness (QED) is 0.163. The highest BCUT2D eigenvalue weighted by atomic mass is 15.3. The molecular formula is C81H104BN3. The van der Waals surface area contributed by atoms with E-state index in [0.29, 0.717) is 0 Å². The molecule has 0 amide bonds. The van der Waals surface area contributed by atoms with Crippen LogP contribution in [0.25, 0.3) is 0 Å². The highest BCUT2D eigenvalue weighted by Crippen LogP contribution is 2.68. The van der Waals surface area contributed by atoms with Gasteiger partial charge in [-0.3, -0.25) is 0 Å². The first-order chi connectivity index (χ1) is 39.1. The molecule has 0 saturated heterocycles. The Kier molecular flexibility index (Phi) is 11.6. The van der Waals surface area contributed by atoms with Gasteiger partial charge in [0, 0.05) is 50.9 Å². The molecule has 2 atom stereocenters. The van der Waals surface area contributed by atoms with E-state index in [2.05, 4.69) is 265 Å². The van der Waals surface area contributed by atoms with E-state index in [1.165, 1.54) is 158 Å². The molecule has 6 aromatic rings. The summed E-state index contributed by atoms with van der Waals surface area (Å²) >= 11 is 0. The first kappa shape index (κ1) is 57.5. The average molecular weight is 1130 g/mol. The lowest BCUT2D eigenvalue weighted by atomic mass is 9.32. The zero-order valence-electron chi connectivity index (χ0n) is 57.2. The number of anilines is 8. The Morgan fingerprint density at radius 3 is 1.08 bits per heavy atom. The first-order valence-electron chi connectivity index (χ1n) is 33.5. The van der Waals surface area contributed by atoms with Crippen LogP contribution in [0.3, 0.4) is 0 Å². The maximum absolute atomic E-state index is 2.91. The SMILES string of the molecule is CC1(C)CC2(C)c3cc(C(C)(C)C)ccc3N(c3cc4c5c(c3)N(c3ccc6c(c3)C(C)(C)CCC6(C)C)c3cc6c(cc3B5c3cc5c(cc3N4c3ccc4c(c3)C(C)(C)CCC4(C)C)C(C)(C)CCC5(C)C)C(C)(C)CCC6(C)C)C2(C)C1. The molecule has 3 nitrogen and oxygen atoms in total. The molecule has 5 aliphatic carbocycles. The molecule has 4 heteroatoms. The highest BCUT2D eigenvalue weighted by Gasteiger charge is 2.65. The van der Waals surface area contributed by atoms with Gasteiger partial charge in [-0.15, -0.1) is 0 Å². The van der Waals surface area contributed by atoms with Crippen molar-refractivity contribution < 1.29 is 0 Å². The van der Waals surface area contributed by atoms with Crippen LogP contribution in [0.2, 0.25) is 0 Å². The topological polar surface area (TPSA) is 9.72 Å². The van der Waals surface area contributed by atoms with Crippen LogP contribution < -0.4 is 31.1 Å². The summed E-state index contributed by atoms with van der Waals surface area (Å²) in [6.45, 7) is 57.9. The molecule has 0 spiro atoms. The van der Waals surface area contributed by atoms with Crippen molar-refractivity contribution in [3.63, 3.8) is 0 Å². The van der Waals surface area contributed by atoms with Crippen molar-refractivity contribution >= 4 is 68.6 Å². The molecule has 85 heavy (non-hydrogen) atoms. The van der Waals surface area contributed by atoms with Crippen LogP contribution in [0.15, 0.2) is 91.0 Å². The van der Waals surface area contributed by atoms with E-state index < -0.39 is 0 Å². The van der Waals surface area contributed by atoms with Gasteiger partial charge in [0.15, 0.2) is 0 Å². The molecule has 14 rings (SSSR count). The molecule has 446 valence electrons. The molecule has 8 aliphatic rings. The van der Waals surface area contributed by atoms with Crippen LogP contribution in [-0.2, 0) is 54.1 Å². The van der Waals surface area contributed by atoms with Crippen LogP contribution in [0.5, 0.6) is 0 Å². The van der Waals surface area contributed by atoms with Crippen molar-refractivity contribution in [2.45, 2.75) is 283 Å². The third-order valence-corrected chi connectivity index (χ3v) is 25.5. The minimum atomic E-state index is -0.198. The highest BCUT2D eigenvalue weighted by molar-refractivity contribution is 7.00. The Bertz CT molecular complexity index is 3690. The van der Waals surface area contributed by atoms with Crippen LogP contribution >= 0.6 is 0 Å². The molecule has 3 aliphatic heterocycles. The van der Waals surface area contributed by atoms with Gasteiger partial charge in [0.2, 0.25) is 0 Å². The Hall–Kier alpha value is -5.22. The van der Waals surface area contributed by atoms with Gasteiger partial charge in [-0.25, -0.2) is 0 Å². The van der Waals surface area contributed by atoms with Crippen molar-refractivity contribution in [3.8, 4) is 0 Å². The smallest absolute Gasteiger partial charge is 0.252 e. The molecule has 0 bridgehead atoms. The van der Waals surface area contributed by atoms with Gasteiger partial charge in [0.25, 0.3) is 6.71 Å². The van der Waals surface area contributed by atoms with Gasteiger partial charge in [0.1, 0.15) is 0 Å². The van der Waals surface area contributed by atoms with E-state index in [1.807, 2.05) is 0 Å². The summed E-state index contributed by atoms with van der Waals surface area (Å²) in [5.74, 6) is 0. The number of rotatable bonds is 3. The fourth-order valence-corrected chi connectivity index (χ4v) is 19.6. The summed E-state index contributed by atoms with van der Waals surface area (Å²) < 4.78 is 0. The molecule has 0 aromatic heterocycles. The molecule has 6 aromatic carbocycles. The maximum Gasteiger partial charge on any atom is 0.252 e. The zero-order chi connectivity index (χ0) is 61.1. The van der Waals surface area contributed by atoms with E-state index in [1.54, 1.807) is 11.1 Å². The summed E-state index contributed by atoms with van der Waals surface area (Å²) in [6.07, 6.45) is 11.7. The van der Waals surface area contributed by atoms with E-state index in [-0.39, 0.29) is 71.8 Å². The van der Waals surface area contributed by atoms with Gasteiger partial charge in [-0.05, 0) is 252 Å². The first-order valence-corrected chi connectivity index (χ1v) is 33.5. The molecule has 2 unspecified atom stereocenters. The molecular weight excluding hydrogens is 1030 g/mol.